The molecule has 1 saturated carbocycles. The van der Waals surface area contributed by atoms with Crippen LogP contribution in [0.15, 0.2) is 17.5 Å². The third-order valence-corrected chi connectivity index (χ3v) is 3.75. The summed E-state index contributed by atoms with van der Waals surface area (Å²) in [6, 6.07) is 4.79. The maximum Gasteiger partial charge on any atom is 0.00800 e. The van der Waals surface area contributed by atoms with E-state index in [0.29, 0.717) is 12.0 Å². The Hall–Kier alpha value is -0.340. The third-order valence-electron chi connectivity index (χ3n) is 2.74. The summed E-state index contributed by atoms with van der Waals surface area (Å²) >= 11 is 1.86. The number of hydrogen-bond donors (Lipinski definition) is 1. The Labute approximate surface area is 71.2 Å². The Morgan fingerprint density at radius 1 is 1.64 bits per heavy atom. The van der Waals surface area contributed by atoms with E-state index in [9.17, 15) is 0 Å². The van der Waals surface area contributed by atoms with Crippen molar-refractivity contribution >= 4 is 11.3 Å². The summed E-state index contributed by atoms with van der Waals surface area (Å²) in [6.45, 7) is 2.25. The maximum absolute atomic E-state index is 5.82. The van der Waals surface area contributed by atoms with Crippen LogP contribution in [0.25, 0.3) is 0 Å². The zero-order valence-electron chi connectivity index (χ0n) is 6.66. The van der Waals surface area contributed by atoms with Crippen LogP contribution in [0.3, 0.4) is 0 Å². The van der Waals surface area contributed by atoms with Gasteiger partial charge in [-0.05, 0) is 29.7 Å². The first-order valence-electron chi connectivity index (χ1n) is 4.08. The Kier molecular flexibility index (Phi) is 1.74. The van der Waals surface area contributed by atoms with Gasteiger partial charge >= 0.3 is 0 Å². The lowest BCUT2D eigenvalue weighted by Gasteiger charge is -2.39. The maximum atomic E-state index is 5.82. The molecule has 60 valence electrons. The molecule has 0 saturated heterocycles. The van der Waals surface area contributed by atoms with Crippen LogP contribution in [0.5, 0.6) is 0 Å². The molecule has 2 rings (SSSR count). The van der Waals surface area contributed by atoms with E-state index in [1.165, 1.54) is 11.3 Å². The van der Waals surface area contributed by atoms with Gasteiger partial charge in [0, 0.05) is 10.9 Å². The van der Waals surface area contributed by atoms with Crippen LogP contribution in [0, 0.1) is 5.92 Å². The summed E-state index contributed by atoms with van der Waals surface area (Å²) in [5.74, 6) is 1.44. The fraction of sp³-hybridized carbons (Fsp3) is 0.556. The Morgan fingerprint density at radius 3 is 2.91 bits per heavy atom. The summed E-state index contributed by atoms with van der Waals surface area (Å²) < 4.78 is 0. The summed E-state index contributed by atoms with van der Waals surface area (Å²) in [7, 11) is 0. The van der Waals surface area contributed by atoms with E-state index < -0.39 is 0 Å². The predicted octanol–water partition coefficient (Wildman–Crippen LogP) is 2.20. The molecule has 1 nitrogen and oxygen atoms in total. The molecular weight excluding hydrogens is 154 g/mol. The lowest BCUT2D eigenvalue weighted by molar-refractivity contribution is 0.230. The van der Waals surface area contributed by atoms with Crippen LogP contribution in [0.1, 0.15) is 24.1 Å². The van der Waals surface area contributed by atoms with Gasteiger partial charge < -0.3 is 5.73 Å². The van der Waals surface area contributed by atoms with E-state index in [-0.39, 0.29) is 0 Å². The van der Waals surface area contributed by atoms with Crippen molar-refractivity contribution in [2.45, 2.75) is 25.3 Å². The molecular formula is C9H13NS. The van der Waals surface area contributed by atoms with Crippen molar-refractivity contribution in [3.63, 3.8) is 0 Å². The van der Waals surface area contributed by atoms with Gasteiger partial charge in [0.2, 0.25) is 0 Å². The average molecular weight is 167 g/mol. The fourth-order valence-electron chi connectivity index (χ4n) is 1.70. The molecule has 2 N–H and O–H groups in total. The van der Waals surface area contributed by atoms with Gasteiger partial charge in [-0.1, -0.05) is 13.0 Å². The van der Waals surface area contributed by atoms with Gasteiger partial charge in [-0.15, -0.1) is 11.3 Å². The van der Waals surface area contributed by atoms with E-state index in [2.05, 4.69) is 24.4 Å². The van der Waals surface area contributed by atoms with E-state index in [4.69, 9.17) is 5.73 Å². The molecule has 1 fully saturated rings. The lowest BCUT2D eigenvalue weighted by atomic mass is 9.70. The van der Waals surface area contributed by atoms with Crippen molar-refractivity contribution in [1.29, 1.82) is 0 Å². The second-order valence-electron chi connectivity index (χ2n) is 3.38. The van der Waals surface area contributed by atoms with Crippen LogP contribution < -0.4 is 5.73 Å². The van der Waals surface area contributed by atoms with E-state index in [1.807, 2.05) is 11.3 Å². The first kappa shape index (κ1) is 7.32. The lowest BCUT2D eigenvalue weighted by Crippen LogP contribution is -2.43. The van der Waals surface area contributed by atoms with Crippen molar-refractivity contribution in [2.75, 3.05) is 0 Å². The Bertz CT molecular complexity index is 230. The van der Waals surface area contributed by atoms with Gasteiger partial charge in [-0.3, -0.25) is 0 Å². The van der Waals surface area contributed by atoms with E-state index >= 15 is 0 Å². The molecule has 1 heterocycles. The van der Waals surface area contributed by atoms with Crippen LogP contribution in [-0.2, 0) is 0 Å². The standard InChI is InChI=1S/C9H13NS/c1-6-7(5-8(6)10)9-3-2-4-11-9/h2-4,6-8H,5,10H2,1H3. The second kappa shape index (κ2) is 2.61. The van der Waals surface area contributed by atoms with Gasteiger partial charge in [-0.25, -0.2) is 0 Å². The summed E-state index contributed by atoms with van der Waals surface area (Å²) in [5.41, 5.74) is 5.82. The smallest absolute Gasteiger partial charge is 0.00800 e. The molecule has 2 heteroatoms. The quantitative estimate of drug-likeness (QED) is 0.681. The van der Waals surface area contributed by atoms with Gasteiger partial charge in [-0.2, -0.15) is 0 Å². The van der Waals surface area contributed by atoms with Crippen LogP contribution in [0.2, 0.25) is 0 Å². The Morgan fingerprint density at radius 2 is 2.45 bits per heavy atom. The van der Waals surface area contributed by atoms with Gasteiger partial charge in [0.05, 0.1) is 0 Å². The highest BCUT2D eigenvalue weighted by molar-refractivity contribution is 7.10. The molecule has 0 amide bonds. The molecule has 1 aliphatic rings. The number of hydrogen-bond acceptors (Lipinski definition) is 2. The molecule has 0 bridgehead atoms. The minimum Gasteiger partial charge on any atom is -0.327 e. The van der Waals surface area contributed by atoms with Crippen LogP contribution in [0.4, 0.5) is 0 Å². The first-order valence-corrected chi connectivity index (χ1v) is 4.96. The Balaban J connectivity index is 2.10. The molecule has 0 radical (unpaired) electrons. The van der Waals surface area contributed by atoms with Crippen LogP contribution >= 0.6 is 11.3 Å². The zero-order valence-corrected chi connectivity index (χ0v) is 7.47. The van der Waals surface area contributed by atoms with Gasteiger partial charge in [0.1, 0.15) is 0 Å². The molecule has 3 unspecified atom stereocenters. The fourth-order valence-corrected chi connectivity index (χ4v) is 2.66. The number of thiophene rings is 1. The molecule has 1 aromatic heterocycles. The highest BCUT2D eigenvalue weighted by atomic mass is 32.1. The monoisotopic (exact) mass is 167 g/mol. The number of rotatable bonds is 1. The van der Waals surface area contributed by atoms with Crippen molar-refractivity contribution in [2.24, 2.45) is 11.7 Å². The SMILES string of the molecule is CC1C(N)CC1c1cccs1. The minimum atomic E-state index is 0.446. The van der Waals surface area contributed by atoms with E-state index in [1.54, 1.807) is 0 Å². The molecule has 0 aliphatic heterocycles. The van der Waals surface area contributed by atoms with Crippen molar-refractivity contribution in [3.8, 4) is 0 Å². The molecule has 1 aliphatic carbocycles. The third kappa shape index (κ3) is 1.10. The number of nitrogens with two attached hydrogens (primary N) is 1. The zero-order chi connectivity index (χ0) is 7.84. The normalized spacial score (nSPS) is 36.7. The molecule has 11 heavy (non-hydrogen) atoms. The average Bonchev–Trinajstić information content (AvgIpc) is 2.51. The summed E-state index contributed by atoms with van der Waals surface area (Å²) in [4.78, 5) is 1.51. The first-order chi connectivity index (χ1) is 5.29. The van der Waals surface area contributed by atoms with Crippen LogP contribution in [-0.4, -0.2) is 6.04 Å². The molecule has 3 atom stereocenters. The largest absolute Gasteiger partial charge is 0.327 e. The minimum absolute atomic E-state index is 0.446. The highest BCUT2D eigenvalue weighted by Crippen LogP contribution is 2.42. The summed E-state index contributed by atoms with van der Waals surface area (Å²) in [6.07, 6.45) is 1.18. The topological polar surface area (TPSA) is 26.0 Å². The summed E-state index contributed by atoms with van der Waals surface area (Å²) in [5, 5.41) is 2.14. The molecule has 1 aromatic rings. The molecule has 0 spiro atoms. The van der Waals surface area contributed by atoms with Gasteiger partial charge in [0.15, 0.2) is 0 Å². The molecule has 0 aromatic carbocycles. The van der Waals surface area contributed by atoms with Crippen molar-refractivity contribution < 1.29 is 0 Å². The van der Waals surface area contributed by atoms with Crippen molar-refractivity contribution in [1.82, 2.24) is 0 Å². The van der Waals surface area contributed by atoms with E-state index in [0.717, 1.165) is 5.92 Å². The van der Waals surface area contributed by atoms with Gasteiger partial charge in [0.25, 0.3) is 0 Å². The second-order valence-corrected chi connectivity index (χ2v) is 4.36. The van der Waals surface area contributed by atoms with Crippen molar-refractivity contribution in [3.05, 3.63) is 22.4 Å². The highest BCUT2D eigenvalue weighted by Gasteiger charge is 2.36. The predicted molar refractivity (Wildman–Crippen MR) is 48.8 cm³/mol.